The van der Waals surface area contributed by atoms with Crippen LogP contribution in [0.1, 0.15) is 18.4 Å². The van der Waals surface area contributed by atoms with Gasteiger partial charge in [-0.3, -0.25) is 4.79 Å². The molecule has 2 rings (SSSR count). The van der Waals surface area contributed by atoms with Crippen LogP contribution in [0.15, 0.2) is 41.1 Å². The van der Waals surface area contributed by atoms with Crippen molar-refractivity contribution in [3.05, 3.63) is 46.7 Å². The van der Waals surface area contributed by atoms with Gasteiger partial charge in [-0.25, -0.2) is 4.98 Å². The molecule has 0 spiro atoms. The van der Waals surface area contributed by atoms with Crippen molar-refractivity contribution in [2.24, 2.45) is 0 Å². The molecule has 0 aliphatic heterocycles. The lowest BCUT2D eigenvalue weighted by Gasteiger charge is -2.09. The molecule has 1 aromatic carbocycles. The molecule has 1 heterocycles. The number of nitrogens with zero attached hydrogens (tertiary/aromatic N) is 1. The smallest absolute Gasteiger partial charge is 0.224 e. The number of hydrogen-bond donors (Lipinski definition) is 1. The first-order valence-electron chi connectivity index (χ1n) is 7.24. The van der Waals surface area contributed by atoms with Crippen LogP contribution in [0.5, 0.6) is 11.5 Å². The minimum Gasteiger partial charge on any atom is -0.493 e. The predicted octanol–water partition coefficient (Wildman–Crippen LogP) is 3.82. The molecular weight excluding hydrogens is 360 g/mol. The maximum absolute atomic E-state index is 11.9. The third kappa shape index (κ3) is 5.25. The van der Waals surface area contributed by atoms with Crippen molar-refractivity contribution in [3.63, 3.8) is 0 Å². The number of anilines is 1. The van der Waals surface area contributed by atoms with Crippen molar-refractivity contribution in [2.45, 2.75) is 19.3 Å². The van der Waals surface area contributed by atoms with E-state index in [2.05, 4.69) is 26.2 Å². The van der Waals surface area contributed by atoms with Gasteiger partial charge in [0, 0.05) is 6.42 Å². The second kappa shape index (κ2) is 8.53. The van der Waals surface area contributed by atoms with E-state index in [4.69, 9.17) is 9.47 Å². The van der Waals surface area contributed by atoms with Gasteiger partial charge in [-0.15, -0.1) is 0 Å². The number of ether oxygens (including phenoxy) is 2. The topological polar surface area (TPSA) is 60.5 Å². The number of carbonyl (C=O) groups is 1. The fraction of sp³-hybridized carbons (Fsp3) is 0.294. The zero-order valence-electron chi connectivity index (χ0n) is 13.1. The molecule has 0 bridgehead atoms. The molecule has 0 unspecified atom stereocenters. The van der Waals surface area contributed by atoms with Gasteiger partial charge in [-0.2, -0.15) is 0 Å². The molecule has 1 aromatic heterocycles. The van der Waals surface area contributed by atoms with Crippen molar-refractivity contribution in [1.29, 1.82) is 0 Å². The Kier molecular flexibility index (Phi) is 6.40. The normalized spacial score (nSPS) is 10.2. The summed E-state index contributed by atoms with van der Waals surface area (Å²) in [6, 6.07) is 9.40. The molecule has 0 saturated heterocycles. The minimum atomic E-state index is -0.0189. The van der Waals surface area contributed by atoms with E-state index in [-0.39, 0.29) is 5.91 Å². The van der Waals surface area contributed by atoms with Crippen LogP contribution in [0.25, 0.3) is 0 Å². The summed E-state index contributed by atoms with van der Waals surface area (Å²) >= 11 is 3.26. The number of aromatic nitrogens is 1. The number of halogens is 1. The van der Waals surface area contributed by atoms with Crippen molar-refractivity contribution in [2.75, 3.05) is 19.5 Å². The molecule has 5 nitrogen and oxygen atoms in total. The number of amides is 1. The molecule has 0 fully saturated rings. The van der Waals surface area contributed by atoms with Gasteiger partial charge in [-0.1, -0.05) is 6.07 Å². The second-order valence-electron chi connectivity index (χ2n) is 4.96. The van der Waals surface area contributed by atoms with Crippen molar-refractivity contribution < 1.29 is 14.3 Å². The fourth-order valence-corrected chi connectivity index (χ4v) is 2.40. The summed E-state index contributed by atoms with van der Waals surface area (Å²) in [7, 11) is 3.22. The summed E-state index contributed by atoms with van der Waals surface area (Å²) in [5, 5.41) is 2.83. The average Bonchev–Trinajstić information content (AvgIpc) is 2.56. The van der Waals surface area contributed by atoms with Gasteiger partial charge in [0.25, 0.3) is 0 Å². The zero-order valence-corrected chi connectivity index (χ0v) is 14.7. The van der Waals surface area contributed by atoms with E-state index in [1.54, 1.807) is 26.5 Å². The molecule has 2 aromatic rings. The van der Waals surface area contributed by atoms with E-state index in [0.717, 1.165) is 23.0 Å². The van der Waals surface area contributed by atoms with Crippen LogP contribution in [0.3, 0.4) is 0 Å². The fourth-order valence-electron chi connectivity index (χ4n) is 2.16. The first-order chi connectivity index (χ1) is 11.1. The van der Waals surface area contributed by atoms with Crippen molar-refractivity contribution in [3.8, 4) is 11.5 Å². The summed E-state index contributed by atoms with van der Waals surface area (Å²) in [5.41, 5.74) is 1.81. The summed E-state index contributed by atoms with van der Waals surface area (Å²) < 4.78 is 11.2. The monoisotopic (exact) mass is 378 g/mol. The molecule has 0 atom stereocenters. The first kappa shape index (κ1) is 17.3. The van der Waals surface area contributed by atoms with Gasteiger partial charge < -0.3 is 14.8 Å². The first-order valence-corrected chi connectivity index (χ1v) is 8.04. The Morgan fingerprint density at radius 3 is 2.61 bits per heavy atom. The quantitative estimate of drug-likeness (QED) is 0.743. The highest BCUT2D eigenvalue weighted by Gasteiger charge is 2.06. The number of nitrogens with one attached hydrogen (secondary N) is 1. The average molecular weight is 379 g/mol. The van der Waals surface area contributed by atoms with E-state index >= 15 is 0 Å². The van der Waals surface area contributed by atoms with Crippen LogP contribution in [-0.4, -0.2) is 25.1 Å². The Bertz CT molecular complexity index is 659. The number of carbonyl (C=O) groups excluding carboxylic acids is 1. The maximum atomic E-state index is 11.9. The van der Waals surface area contributed by atoms with Gasteiger partial charge in [0.1, 0.15) is 4.60 Å². The standard InChI is InChI=1S/C17H19BrN2O3/c1-22-14-8-6-12(10-15(14)23-2)4-3-5-17(21)20-13-7-9-16(18)19-11-13/h6-11H,3-5H2,1-2H3,(H,20,21). The van der Waals surface area contributed by atoms with Gasteiger partial charge >= 0.3 is 0 Å². The van der Waals surface area contributed by atoms with Crippen molar-refractivity contribution in [1.82, 2.24) is 4.98 Å². The van der Waals surface area contributed by atoms with Crippen molar-refractivity contribution >= 4 is 27.5 Å². The highest BCUT2D eigenvalue weighted by Crippen LogP contribution is 2.28. The number of aryl methyl sites for hydroxylation is 1. The van der Waals surface area contributed by atoms with Crippen LogP contribution >= 0.6 is 15.9 Å². The Balaban J connectivity index is 1.82. The summed E-state index contributed by atoms with van der Waals surface area (Å²) in [6.07, 6.45) is 3.62. The maximum Gasteiger partial charge on any atom is 0.224 e. The number of pyridine rings is 1. The van der Waals surface area contributed by atoms with E-state index in [0.29, 0.717) is 23.6 Å². The van der Waals surface area contributed by atoms with Gasteiger partial charge in [0.2, 0.25) is 5.91 Å². The molecule has 0 saturated carbocycles. The Morgan fingerprint density at radius 1 is 1.17 bits per heavy atom. The molecule has 1 amide bonds. The van der Waals surface area contributed by atoms with E-state index in [1.807, 2.05) is 24.3 Å². The predicted molar refractivity (Wildman–Crippen MR) is 93.1 cm³/mol. The number of benzene rings is 1. The molecule has 0 aliphatic carbocycles. The van der Waals surface area contributed by atoms with Gasteiger partial charge in [-0.05, 0) is 58.6 Å². The largest absolute Gasteiger partial charge is 0.493 e. The SMILES string of the molecule is COc1ccc(CCCC(=O)Nc2ccc(Br)nc2)cc1OC. The van der Waals surface area contributed by atoms with E-state index in [9.17, 15) is 4.79 Å². The summed E-state index contributed by atoms with van der Waals surface area (Å²) in [6.45, 7) is 0. The van der Waals surface area contributed by atoms with E-state index < -0.39 is 0 Å². The molecule has 0 radical (unpaired) electrons. The van der Waals surface area contributed by atoms with Crippen LogP contribution in [0.2, 0.25) is 0 Å². The molecular formula is C17H19BrN2O3. The highest BCUT2D eigenvalue weighted by molar-refractivity contribution is 9.10. The molecule has 122 valence electrons. The molecule has 6 heteroatoms. The number of methoxy groups -OCH3 is 2. The molecule has 0 aliphatic rings. The van der Waals surface area contributed by atoms with Crippen LogP contribution in [0.4, 0.5) is 5.69 Å². The molecule has 23 heavy (non-hydrogen) atoms. The Labute approximate surface area is 144 Å². The third-order valence-corrected chi connectivity index (χ3v) is 3.80. The number of rotatable bonds is 7. The lowest BCUT2D eigenvalue weighted by molar-refractivity contribution is -0.116. The van der Waals surface area contributed by atoms with Crippen LogP contribution in [0, 0.1) is 0 Å². The van der Waals surface area contributed by atoms with E-state index in [1.165, 1.54) is 0 Å². The Morgan fingerprint density at radius 2 is 1.96 bits per heavy atom. The van der Waals surface area contributed by atoms with Gasteiger partial charge in [0.15, 0.2) is 11.5 Å². The second-order valence-corrected chi connectivity index (χ2v) is 5.77. The summed E-state index contributed by atoms with van der Waals surface area (Å²) in [5.74, 6) is 1.39. The van der Waals surface area contributed by atoms with Crippen LogP contribution < -0.4 is 14.8 Å². The Hall–Kier alpha value is -2.08. The van der Waals surface area contributed by atoms with Crippen LogP contribution in [-0.2, 0) is 11.2 Å². The minimum absolute atomic E-state index is 0.0189. The lowest BCUT2D eigenvalue weighted by atomic mass is 10.1. The molecule has 1 N–H and O–H groups in total. The highest BCUT2D eigenvalue weighted by atomic mass is 79.9. The zero-order chi connectivity index (χ0) is 16.7. The van der Waals surface area contributed by atoms with Gasteiger partial charge in [0.05, 0.1) is 26.1 Å². The number of hydrogen-bond acceptors (Lipinski definition) is 4. The third-order valence-electron chi connectivity index (χ3n) is 3.33. The lowest BCUT2D eigenvalue weighted by Crippen LogP contribution is -2.11. The summed E-state index contributed by atoms with van der Waals surface area (Å²) in [4.78, 5) is 16.0.